The highest BCUT2D eigenvalue weighted by atomic mass is 19.1. The Bertz CT molecular complexity index is 775. The molecule has 0 saturated heterocycles. The fourth-order valence-corrected chi connectivity index (χ4v) is 3.11. The molecule has 0 N–H and O–H groups in total. The number of anilines is 1. The Kier molecular flexibility index (Phi) is 4.60. The van der Waals surface area contributed by atoms with Gasteiger partial charge in [0.25, 0.3) is 0 Å². The first-order chi connectivity index (χ1) is 11.6. The van der Waals surface area contributed by atoms with Gasteiger partial charge in [-0.05, 0) is 29.3 Å². The molecule has 1 amide bonds. The van der Waals surface area contributed by atoms with Gasteiger partial charge in [-0.1, -0.05) is 30.3 Å². The van der Waals surface area contributed by atoms with E-state index < -0.39 is 0 Å². The van der Waals surface area contributed by atoms with Crippen LogP contribution in [0.5, 0.6) is 0 Å². The molecule has 0 radical (unpaired) electrons. The number of methoxy groups -OCH3 is 1. The van der Waals surface area contributed by atoms with Gasteiger partial charge in [-0.15, -0.1) is 0 Å². The number of carbonyl (C=O) groups excluding carboxylic acids is 2. The highest BCUT2D eigenvalue weighted by Gasteiger charge is 2.33. The Hall–Kier alpha value is -2.69. The Labute approximate surface area is 139 Å². The van der Waals surface area contributed by atoms with E-state index in [1.54, 1.807) is 17.0 Å². The second-order valence-electron chi connectivity index (χ2n) is 5.85. The molecule has 0 aromatic heterocycles. The first-order valence-electron chi connectivity index (χ1n) is 7.79. The predicted molar refractivity (Wildman–Crippen MR) is 88.3 cm³/mol. The third kappa shape index (κ3) is 3.30. The van der Waals surface area contributed by atoms with Crippen LogP contribution in [0.25, 0.3) is 0 Å². The van der Waals surface area contributed by atoms with Gasteiger partial charge < -0.3 is 9.64 Å². The summed E-state index contributed by atoms with van der Waals surface area (Å²) in [5.41, 5.74) is 2.41. The molecule has 0 spiro atoms. The minimum Gasteiger partial charge on any atom is -0.469 e. The number of amides is 1. The average Bonchev–Trinajstić information content (AvgIpc) is 2.94. The van der Waals surface area contributed by atoms with Crippen LogP contribution >= 0.6 is 0 Å². The van der Waals surface area contributed by atoms with Gasteiger partial charge in [-0.2, -0.15) is 0 Å². The fourth-order valence-electron chi connectivity index (χ4n) is 3.11. The fraction of sp³-hybridized carbons (Fsp3) is 0.263. The Balaban J connectivity index is 1.81. The lowest BCUT2D eigenvalue weighted by molar-refractivity contribution is -0.141. The van der Waals surface area contributed by atoms with Gasteiger partial charge in [0.15, 0.2) is 0 Å². The normalized spacial score (nSPS) is 15.9. The van der Waals surface area contributed by atoms with Gasteiger partial charge >= 0.3 is 5.97 Å². The molecule has 5 heteroatoms. The van der Waals surface area contributed by atoms with Crippen molar-refractivity contribution in [2.45, 2.75) is 18.8 Å². The summed E-state index contributed by atoms with van der Waals surface area (Å²) in [5.74, 6) is -0.842. The van der Waals surface area contributed by atoms with E-state index in [4.69, 9.17) is 4.74 Å². The van der Waals surface area contributed by atoms with Gasteiger partial charge in [-0.25, -0.2) is 4.39 Å². The van der Waals surface area contributed by atoms with E-state index in [1.165, 1.54) is 19.2 Å². The van der Waals surface area contributed by atoms with Crippen molar-refractivity contribution in [3.8, 4) is 0 Å². The molecule has 1 atom stereocenters. The molecule has 2 aromatic carbocycles. The highest BCUT2D eigenvalue weighted by molar-refractivity contribution is 5.97. The predicted octanol–water partition coefficient (Wildman–Crippen LogP) is 3.06. The Morgan fingerprint density at radius 3 is 2.75 bits per heavy atom. The van der Waals surface area contributed by atoms with Crippen LogP contribution in [0, 0.1) is 5.82 Å². The number of halogens is 1. The van der Waals surface area contributed by atoms with Gasteiger partial charge in [-0.3, -0.25) is 9.59 Å². The quantitative estimate of drug-likeness (QED) is 0.811. The van der Waals surface area contributed by atoms with E-state index in [-0.39, 0.29) is 36.5 Å². The summed E-state index contributed by atoms with van der Waals surface area (Å²) >= 11 is 0. The topological polar surface area (TPSA) is 46.6 Å². The van der Waals surface area contributed by atoms with E-state index >= 15 is 0 Å². The van der Waals surface area contributed by atoms with E-state index in [0.29, 0.717) is 12.1 Å². The Morgan fingerprint density at radius 2 is 2.00 bits per heavy atom. The summed E-state index contributed by atoms with van der Waals surface area (Å²) in [5, 5.41) is 0. The molecular formula is C19H18FNO3. The monoisotopic (exact) mass is 327 g/mol. The molecule has 1 aliphatic rings. The van der Waals surface area contributed by atoms with Crippen LogP contribution < -0.4 is 4.90 Å². The minimum absolute atomic E-state index is 0.0786. The number of esters is 1. The van der Waals surface area contributed by atoms with Crippen LogP contribution in [-0.4, -0.2) is 25.5 Å². The molecule has 24 heavy (non-hydrogen) atoms. The number of ether oxygens (including phenoxy) is 1. The molecule has 4 nitrogen and oxygen atoms in total. The molecule has 124 valence electrons. The number of nitrogens with zero attached hydrogens (tertiary/aromatic N) is 1. The maximum Gasteiger partial charge on any atom is 0.306 e. The van der Waals surface area contributed by atoms with Gasteiger partial charge in [0, 0.05) is 18.2 Å². The van der Waals surface area contributed by atoms with Crippen LogP contribution in [-0.2, 0) is 20.7 Å². The van der Waals surface area contributed by atoms with Crippen LogP contribution in [0.2, 0.25) is 0 Å². The zero-order valence-corrected chi connectivity index (χ0v) is 13.4. The van der Waals surface area contributed by atoms with Crippen LogP contribution in [0.3, 0.4) is 0 Å². The molecule has 0 aliphatic carbocycles. The van der Waals surface area contributed by atoms with E-state index in [0.717, 1.165) is 11.3 Å². The molecule has 2 aromatic rings. The first-order valence-corrected chi connectivity index (χ1v) is 7.79. The molecule has 0 bridgehead atoms. The lowest BCUT2D eigenvalue weighted by Gasteiger charge is -2.18. The summed E-state index contributed by atoms with van der Waals surface area (Å²) in [6.07, 6.45) is 0.355. The molecule has 1 aliphatic heterocycles. The maximum atomic E-state index is 13.3. The molecule has 0 saturated carbocycles. The van der Waals surface area contributed by atoms with Gasteiger partial charge in [0.1, 0.15) is 5.82 Å². The van der Waals surface area contributed by atoms with Gasteiger partial charge in [0.05, 0.1) is 20.0 Å². The number of fused-ring (bicyclic) bond motifs is 1. The van der Waals surface area contributed by atoms with E-state index in [2.05, 4.69) is 0 Å². The smallest absolute Gasteiger partial charge is 0.306 e. The van der Waals surface area contributed by atoms with E-state index in [9.17, 15) is 14.0 Å². The number of carbonyl (C=O) groups is 2. The lowest BCUT2D eigenvalue weighted by Crippen LogP contribution is -2.31. The van der Waals surface area contributed by atoms with Crippen molar-refractivity contribution in [3.63, 3.8) is 0 Å². The van der Waals surface area contributed by atoms with Crippen LogP contribution in [0.4, 0.5) is 10.1 Å². The summed E-state index contributed by atoms with van der Waals surface area (Å²) in [7, 11) is 1.36. The Morgan fingerprint density at radius 1 is 1.21 bits per heavy atom. The largest absolute Gasteiger partial charge is 0.469 e. The van der Waals surface area contributed by atoms with E-state index in [1.807, 2.05) is 24.3 Å². The van der Waals surface area contributed by atoms with Crippen molar-refractivity contribution >= 4 is 17.6 Å². The second kappa shape index (κ2) is 6.83. The molecule has 0 fully saturated rings. The molecule has 3 rings (SSSR count). The standard InChI is InChI=1S/C19H18FNO3/c1-24-19(23)11-14-12-21(17-8-3-2-7-16(14)17)18(22)10-13-5-4-6-15(20)9-13/h2-9,14H,10-12H2,1H3. The second-order valence-corrected chi connectivity index (χ2v) is 5.85. The summed E-state index contributed by atoms with van der Waals surface area (Å²) in [4.78, 5) is 26.0. The van der Waals surface area contributed by atoms with Crippen molar-refractivity contribution in [3.05, 3.63) is 65.5 Å². The van der Waals surface area contributed by atoms with Crippen molar-refractivity contribution < 1.29 is 18.7 Å². The highest BCUT2D eigenvalue weighted by Crippen LogP contribution is 2.38. The van der Waals surface area contributed by atoms with Gasteiger partial charge in [0.2, 0.25) is 5.91 Å². The molecule has 1 unspecified atom stereocenters. The average molecular weight is 327 g/mol. The summed E-state index contributed by atoms with van der Waals surface area (Å²) in [6, 6.07) is 13.6. The van der Waals surface area contributed by atoms with Crippen molar-refractivity contribution in [1.29, 1.82) is 0 Å². The zero-order valence-electron chi connectivity index (χ0n) is 13.4. The van der Waals surface area contributed by atoms with Crippen molar-refractivity contribution in [2.75, 3.05) is 18.6 Å². The van der Waals surface area contributed by atoms with Crippen molar-refractivity contribution in [1.82, 2.24) is 0 Å². The summed E-state index contributed by atoms with van der Waals surface area (Å²) in [6.45, 7) is 0.433. The third-order valence-electron chi connectivity index (χ3n) is 4.26. The number of hydrogen-bond donors (Lipinski definition) is 0. The lowest BCUT2D eigenvalue weighted by atomic mass is 9.98. The van der Waals surface area contributed by atoms with Crippen molar-refractivity contribution in [2.24, 2.45) is 0 Å². The minimum atomic E-state index is -0.356. The maximum absolute atomic E-state index is 13.3. The number of para-hydroxylation sites is 1. The third-order valence-corrected chi connectivity index (χ3v) is 4.26. The zero-order chi connectivity index (χ0) is 17.1. The first kappa shape index (κ1) is 16.2. The summed E-state index contributed by atoms with van der Waals surface area (Å²) < 4.78 is 18.0. The number of hydrogen-bond acceptors (Lipinski definition) is 3. The van der Waals surface area contributed by atoms with Crippen LogP contribution in [0.1, 0.15) is 23.5 Å². The molecule has 1 heterocycles. The number of rotatable bonds is 4. The number of benzene rings is 2. The molecular weight excluding hydrogens is 309 g/mol. The SMILES string of the molecule is COC(=O)CC1CN(C(=O)Cc2cccc(F)c2)c2ccccc21. The van der Waals surface area contributed by atoms with Crippen LogP contribution in [0.15, 0.2) is 48.5 Å².